The van der Waals surface area contributed by atoms with Crippen LogP contribution in [0.25, 0.3) is 0 Å². The Hall–Kier alpha value is -0.900. The molecule has 2 N–H and O–H groups in total. The van der Waals surface area contributed by atoms with Crippen LogP contribution in [-0.2, 0) is 4.74 Å². The van der Waals surface area contributed by atoms with Crippen molar-refractivity contribution in [3.63, 3.8) is 0 Å². The summed E-state index contributed by atoms with van der Waals surface area (Å²) in [4.78, 5) is 2.64. The molecule has 2 unspecified atom stereocenters. The molecular formula is C17H26N2O. The highest BCUT2D eigenvalue weighted by Crippen LogP contribution is 2.40. The topological polar surface area (TPSA) is 38.5 Å². The van der Waals surface area contributed by atoms with Gasteiger partial charge in [-0.25, -0.2) is 0 Å². The summed E-state index contributed by atoms with van der Waals surface area (Å²) >= 11 is 0. The molecule has 2 aliphatic rings. The molecular weight excluding hydrogens is 248 g/mol. The van der Waals surface area contributed by atoms with Gasteiger partial charge < -0.3 is 10.5 Å². The second kappa shape index (κ2) is 5.47. The summed E-state index contributed by atoms with van der Waals surface area (Å²) in [6.45, 7) is 9.07. The number of benzene rings is 1. The fourth-order valence-electron chi connectivity index (χ4n) is 3.78. The summed E-state index contributed by atoms with van der Waals surface area (Å²) in [5.74, 6) is 0. The molecule has 0 bridgehead atoms. The number of ether oxygens (including phenoxy) is 1. The highest BCUT2D eigenvalue weighted by Gasteiger charge is 2.41. The molecule has 1 saturated heterocycles. The highest BCUT2D eigenvalue weighted by atomic mass is 16.5. The van der Waals surface area contributed by atoms with Crippen molar-refractivity contribution in [1.82, 2.24) is 4.90 Å². The molecule has 0 amide bonds. The maximum Gasteiger partial charge on any atom is 0.0894 e. The number of rotatable bonds is 3. The lowest BCUT2D eigenvalue weighted by molar-refractivity contribution is -0.0716. The Labute approximate surface area is 122 Å². The Kier molecular flexibility index (Phi) is 3.85. The first kappa shape index (κ1) is 14.1. The summed E-state index contributed by atoms with van der Waals surface area (Å²) in [5.41, 5.74) is 11.5. The van der Waals surface area contributed by atoms with Gasteiger partial charge in [0.2, 0.25) is 0 Å². The maximum atomic E-state index is 5.99. The van der Waals surface area contributed by atoms with E-state index in [2.05, 4.69) is 37.8 Å². The molecule has 3 rings (SSSR count). The lowest BCUT2D eigenvalue weighted by atomic mass is 9.89. The number of nitrogens with two attached hydrogens (primary N) is 1. The molecule has 2 fully saturated rings. The first-order chi connectivity index (χ1) is 9.61. The molecule has 3 nitrogen and oxygen atoms in total. The Morgan fingerprint density at radius 2 is 1.85 bits per heavy atom. The van der Waals surface area contributed by atoms with Gasteiger partial charge in [0.05, 0.1) is 18.8 Å². The fraction of sp³-hybridized carbons (Fsp3) is 0.647. The van der Waals surface area contributed by atoms with Crippen LogP contribution in [0.2, 0.25) is 0 Å². The molecule has 2 atom stereocenters. The van der Waals surface area contributed by atoms with Crippen LogP contribution in [-0.4, -0.2) is 36.7 Å². The first-order valence-corrected chi connectivity index (χ1v) is 7.77. The predicted molar refractivity (Wildman–Crippen MR) is 81.9 cm³/mol. The monoisotopic (exact) mass is 274 g/mol. The van der Waals surface area contributed by atoms with Gasteiger partial charge in [-0.3, -0.25) is 4.90 Å². The van der Waals surface area contributed by atoms with Gasteiger partial charge in [-0.15, -0.1) is 0 Å². The van der Waals surface area contributed by atoms with Crippen molar-refractivity contribution in [2.24, 2.45) is 5.73 Å². The SMILES string of the molecule is Cc1cc(C)c(C2C(CN)OCCN2C2CC2)c(C)c1. The second-order valence-electron chi connectivity index (χ2n) is 6.37. The Morgan fingerprint density at radius 3 is 2.40 bits per heavy atom. The van der Waals surface area contributed by atoms with Crippen LogP contribution in [0, 0.1) is 20.8 Å². The Bertz CT molecular complexity index is 473. The zero-order chi connectivity index (χ0) is 14.3. The average Bonchev–Trinajstić information content (AvgIpc) is 3.22. The zero-order valence-electron chi connectivity index (χ0n) is 12.9. The van der Waals surface area contributed by atoms with Crippen molar-refractivity contribution < 1.29 is 4.74 Å². The van der Waals surface area contributed by atoms with E-state index in [1.54, 1.807) is 0 Å². The molecule has 110 valence electrons. The standard InChI is InChI=1S/C17H26N2O/c1-11-8-12(2)16(13(3)9-11)17-15(10-18)20-7-6-19(17)14-4-5-14/h8-9,14-15,17H,4-7,10,18H2,1-3H3. The van der Waals surface area contributed by atoms with Crippen molar-refractivity contribution in [3.05, 3.63) is 34.4 Å². The minimum atomic E-state index is 0.129. The van der Waals surface area contributed by atoms with E-state index in [1.807, 2.05) is 0 Å². The van der Waals surface area contributed by atoms with Crippen LogP contribution in [0.4, 0.5) is 0 Å². The zero-order valence-corrected chi connectivity index (χ0v) is 12.9. The van der Waals surface area contributed by atoms with E-state index in [-0.39, 0.29) is 6.10 Å². The Balaban J connectivity index is 2.02. The maximum absolute atomic E-state index is 5.99. The Morgan fingerprint density at radius 1 is 1.20 bits per heavy atom. The number of hydrogen-bond acceptors (Lipinski definition) is 3. The van der Waals surface area contributed by atoms with Gasteiger partial charge in [-0.05, 0) is 50.3 Å². The third-order valence-corrected chi connectivity index (χ3v) is 4.67. The van der Waals surface area contributed by atoms with E-state index in [0.717, 1.165) is 19.2 Å². The molecule has 1 aromatic carbocycles. The van der Waals surface area contributed by atoms with Crippen LogP contribution < -0.4 is 5.73 Å². The van der Waals surface area contributed by atoms with Crippen molar-refractivity contribution in [2.75, 3.05) is 19.7 Å². The smallest absolute Gasteiger partial charge is 0.0894 e. The molecule has 1 aliphatic heterocycles. The molecule has 1 saturated carbocycles. The second-order valence-corrected chi connectivity index (χ2v) is 6.37. The van der Waals surface area contributed by atoms with Crippen molar-refractivity contribution in [2.45, 2.75) is 51.8 Å². The highest BCUT2D eigenvalue weighted by molar-refractivity contribution is 5.40. The summed E-state index contributed by atoms with van der Waals surface area (Å²) in [5, 5.41) is 0. The van der Waals surface area contributed by atoms with E-state index in [1.165, 1.54) is 35.1 Å². The molecule has 20 heavy (non-hydrogen) atoms. The molecule has 1 aromatic rings. The van der Waals surface area contributed by atoms with E-state index in [0.29, 0.717) is 12.6 Å². The van der Waals surface area contributed by atoms with Gasteiger partial charge in [0.1, 0.15) is 0 Å². The summed E-state index contributed by atoms with van der Waals surface area (Å²) < 4.78 is 5.98. The van der Waals surface area contributed by atoms with E-state index >= 15 is 0 Å². The van der Waals surface area contributed by atoms with Gasteiger partial charge in [0.15, 0.2) is 0 Å². The van der Waals surface area contributed by atoms with E-state index in [9.17, 15) is 0 Å². The molecule has 1 aliphatic carbocycles. The third-order valence-electron chi connectivity index (χ3n) is 4.67. The van der Waals surface area contributed by atoms with Crippen LogP contribution >= 0.6 is 0 Å². The van der Waals surface area contributed by atoms with Crippen molar-refractivity contribution in [1.29, 1.82) is 0 Å². The molecule has 0 radical (unpaired) electrons. The normalized spacial score (nSPS) is 27.8. The van der Waals surface area contributed by atoms with Crippen molar-refractivity contribution >= 4 is 0 Å². The molecule has 0 spiro atoms. The minimum absolute atomic E-state index is 0.129. The summed E-state index contributed by atoms with van der Waals surface area (Å²) in [6, 6.07) is 5.66. The minimum Gasteiger partial charge on any atom is -0.374 e. The van der Waals surface area contributed by atoms with Crippen LogP contribution in [0.3, 0.4) is 0 Å². The first-order valence-electron chi connectivity index (χ1n) is 7.77. The average molecular weight is 274 g/mol. The molecule has 1 heterocycles. The fourth-order valence-corrected chi connectivity index (χ4v) is 3.78. The lowest BCUT2D eigenvalue weighted by Crippen LogP contribution is -2.49. The van der Waals surface area contributed by atoms with Crippen LogP contribution in [0.1, 0.15) is 41.1 Å². The largest absolute Gasteiger partial charge is 0.374 e. The van der Waals surface area contributed by atoms with Crippen LogP contribution in [0.15, 0.2) is 12.1 Å². The third kappa shape index (κ3) is 2.50. The summed E-state index contributed by atoms with van der Waals surface area (Å²) in [7, 11) is 0. The van der Waals surface area contributed by atoms with Gasteiger partial charge in [-0.2, -0.15) is 0 Å². The molecule has 3 heteroatoms. The van der Waals surface area contributed by atoms with E-state index < -0.39 is 0 Å². The molecule has 0 aromatic heterocycles. The van der Waals surface area contributed by atoms with Crippen molar-refractivity contribution in [3.8, 4) is 0 Å². The number of nitrogens with zero attached hydrogens (tertiary/aromatic N) is 1. The van der Waals surface area contributed by atoms with Gasteiger partial charge in [-0.1, -0.05) is 17.7 Å². The van der Waals surface area contributed by atoms with Gasteiger partial charge >= 0.3 is 0 Å². The quantitative estimate of drug-likeness (QED) is 0.920. The number of hydrogen-bond donors (Lipinski definition) is 1. The summed E-state index contributed by atoms with van der Waals surface area (Å²) in [6.07, 6.45) is 2.79. The lowest BCUT2D eigenvalue weighted by Gasteiger charge is -2.42. The van der Waals surface area contributed by atoms with Gasteiger partial charge in [0.25, 0.3) is 0 Å². The van der Waals surface area contributed by atoms with E-state index in [4.69, 9.17) is 10.5 Å². The van der Waals surface area contributed by atoms with Crippen LogP contribution in [0.5, 0.6) is 0 Å². The predicted octanol–water partition coefficient (Wildman–Crippen LogP) is 2.47. The number of morpholine rings is 1. The van der Waals surface area contributed by atoms with Gasteiger partial charge in [0, 0.05) is 19.1 Å². The number of aryl methyl sites for hydroxylation is 3.